The highest BCUT2D eigenvalue weighted by molar-refractivity contribution is 9.10. The summed E-state index contributed by atoms with van der Waals surface area (Å²) in [6.07, 6.45) is 1.62. The van der Waals surface area contributed by atoms with Crippen LogP contribution in [-0.2, 0) is 0 Å². The fraction of sp³-hybridized carbons (Fsp3) is 0.143. The number of carbonyl (C=O) groups is 1. The summed E-state index contributed by atoms with van der Waals surface area (Å²) in [5, 5.41) is 2.84. The Kier molecular flexibility index (Phi) is 3.77. The molecule has 0 radical (unpaired) electrons. The Morgan fingerprint density at radius 1 is 1.17 bits per heavy atom. The number of nitrogens with zero attached hydrogens (tertiary/aromatic N) is 1. The molecule has 0 saturated heterocycles. The summed E-state index contributed by atoms with van der Waals surface area (Å²) < 4.78 is 0.743. The molecule has 0 aliphatic rings. The van der Waals surface area contributed by atoms with E-state index in [1.807, 2.05) is 38.1 Å². The molecule has 0 aliphatic carbocycles. The summed E-state index contributed by atoms with van der Waals surface area (Å²) in [5.74, 6) is -0.102. The van der Waals surface area contributed by atoms with E-state index in [2.05, 4.69) is 26.2 Å². The van der Waals surface area contributed by atoms with Crippen molar-refractivity contribution in [1.29, 1.82) is 0 Å². The van der Waals surface area contributed by atoms with Gasteiger partial charge in [0.25, 0.3) is 5.91 Å². The van der Waals surface area contributed by atoms with Crippen molar-refractivity contribution in [3.8, 4) is 0 Å². The lowest BCUT2D eigenvalue weighted by molar-refractivity contribution is 0.102. The Bertz CT molecular complexity index is 559. The number of carbonyl (C=O) groups excluding carboxylic acids is 1. The third kappa shape index (κ3) is 2.76. The summed E-state index contributed by atoms with van der Waals surface area (Å²) in [4.78, 5) is 16.3. The van der Waals surface area contributed by atoms with E-state index in [9.17, 15) is 4.79 Å². The van der Waals surface area contributed by atoms with Gasteiger partial charge in [0.15, 0.2) is 0 Å². The lowest BCUT2D eigenvalue weighted by atomic mass is 10.0. The van der Waals surface area contributed by atoms with Crippen LogP contribution in [0, 0.1) is 13.8 Å². The number of amides is 1. The van der Waals surface area contributed by atoms with Crippen molar-refractivity contribution in [2.75, 3.05) is 5.32 Å². The van der Waals surface area contributed by atoms with Crippen LogP contribution < -0.4 is 5.32 Å². The number of benzene rings is 1. The van der Waals surface area contributed by atoms with Crippen molar-refractivity contribution in [3.63, 3.8) is 0 Å². The molecule has 0 atom stereocenters. The van der Waals surface area contributed by atoms with E-state index in [0.29, 0.717) is 5.69 Å². The number of rotatable bonds is 2. The fourth-order valence-electron chi connectivity index (χ4n) is 1.82. The number of nitrogens with one attached hydrogen (secondary N) is 1. The second-order valence-corrected chi connectivity index (χ2v) is 4.90. The largest absolute Gasteiger partial charge is 0.321 e. The summed E-state index contributed by atoms with van der Waals surface area (Å²) in [6.45, 7) is 3.86. The highest BCUT2D eigenvalue weighted by Gasteiger charge is 2.11. The van der Waals surface area contributed by atoms with Crippen molar-refractivity contribution >= 4 is 27.5 Å². The molecule has 0 spiro atoms. The van der Waals surface area contributed by atoms with Gasteiger partial charge in [-0.25, -0.2) is 4.98 Å². The maximum Gasteiger partial charge on any atom is 0.256 e. The van der Waals surface area contributed by atoms with E-state index in [4.69, 9.17) is 0 Å². The van der Waals surface area contributed by atoms with E-state index in [-0.39, 0.29) is 5.91 Å². The SMILES string of the molecule is Cc1cccc(C)c1C(=O)Nc1ccc(Br)nc1. The lowest BCUT2D eigenvalue weighted by Crippen LogP contribution is -2.15. The van der Waals surface area contributed by atoms with E-state index in [1.54, 1.807) is 12.3 Å². The van der Waals surface area contributed by atoms with Gasteiger partial charge in [0.1, 0.15) is 4.60 Å². The molecule has 4 heteroatoms. The molecule has 1 aromatic heterocycles. The first kappa shape index (κ1) is 12.8. The molecular weight excluding hydrogens is 292 g/mol. The van der Waals surface area contributed by atoms with Crippen LogP contribution in [-0.4, -0.2) is 10.9 Å². The number of aryl methyl sites for hydroxylation is 2. The maximum atomic E-state index is 12.2. The van der Waals surface area contributed by atoms with Crippen LogP contribution in [0.5, 0.6) is 0 Å². The maximum absolute atomic E-state index is 12.2. The Morgan fingerprint density at radius 2 is 1.83 bits per heavy atom. The van der Waals surface area contributed by atoms with Crippen molar-refractivity contribution in [2.24, 2.45) is 0 Å². The van der Waals surface area contributed by atoms with Gasteiger partial charge in [-0.05, 0) is 53.0 Å². The molecule has 1 N–H and O–H groups in total. The third-order valence-corrected chi connectivity index (χ3v) is 3.16. The summed E-state index contributed by atoms with van der Waals surface area (Å²) in [5.41, 5.74) is 3.35. The summed E-state index contributed by atoms with van der Waals surface area (Å²) in [6, 6.07) is 9.41. The van der Waals surface area contributed by atoms with Crippen molar-refractivity contribution < 1.29 is 4.79 Å². The van der Waals surface area contributed by atoms with Crippen molar-refractivity contribution in [3.05, 3.63) is 57.8 Å². The van der Waals surface area contributed by atoms with E-state index in [0.717, 1.165) is 21.3 Å². The predicted molar refractivity (Wildman–Crippen MR) is 75.8 cm³/mol. The minimum absolute atomic E-state index is 0.102. The highest BCUT2D eigenvalue weighted by atomic mass is 79.9. The van der Waals surface area contributed by atoms with Gasteiger partial charge in [0.2, 0.25) is 0 Å². The zero-order chi connectivity index (χ0) is 13.1. The molecule has 0 fully saturated rings. The predicted octanol–water partition coefficient (Wildman–Crippen LogP) is 3.71. The lowest BCUT2D eigenvalue weighted by Gasteiger charge is -2.10. The Morgan fingerprint density at radius 3 is 2.39 bits per heavy atom. The molecule has 0 bridgehead atoms. The van der Waals surface area contributed by atoms with E-state index in [1.165, 1.54) is 0 Å². The first-order chi connectivity index (χ1) is 8.58. The number of hydrogen-bond donors (Lipinski definition) is 1. The van der Waals surface area contributed by atoms with Gasteiger partial charge in [-0.2, -0.15) is 0 Å². The monoisotopic (exact) mass is 304 g/mol. The van der Waals surface area contributed by atoms with Gasteiger partial charge in [-0.1, -0.05) is 18.2 Å². The van der Waals surface area contributed by atoms with Gasteiger partial charge in [-0.15, -0.1) is 0 Å². The topological polar surface area (TPSA) is 42.0 Å². The van der Waals surface area contributed by atoms with Crippen LogP contribution >= 0.6 is 15.9 Å². The number of hydrogen-bond acceptors (Lipinski definition) is 2. The molecule has 1 amide bonds. The first-order valence-electron chi connectivity index (χ1n) is 5.57. The molecule has 3 nitrogen and oxygen atoms in total. The van der Waals surface area contributed by atoms with Gasteiger partial charge in [-0.3, -0.25) is 4.79 Å². The molecule has 92 valence electrons. The zero-order valence-corrected chi connectivity index (χ0v) is 11.8. The van der Waals surface area contributed by atoms with E-state index < -0.39 is 0 Å². The smallest absolute Gasteiger partial charge is 0.256 e. The van der Waals surface area contributed by atoms with Crippen molar-refractivity contribution in [1.82, 2.24) is 4.98 Å². The van der Waals surface area contributed by atoms with Crippen LogP contribution in [0.15, 0.2) is 41.1 Å². The van der Waals surface area contributed by atoms with Crippen LogP contribution in [0.2, 0.25) is 0 Å². The molecular formula is C14H13BrN2O. The number of anilines is 1. The number of halogens is 1. The molecule has 1 heterocycles. The minimum Gasteiger partial charge on any atom is -0.321 e. The van der Waals surface area contributed by atoms with E-state index >= 15 is 0 Å². The molecule has 0 saturated carbocycles. The second-order valence-electron chi connectivity index (χ2n) is 4.09. The van der Waals surface area contributed by atoms with Crippen molar-refractivity contribution in [2.45, 2.75) is 13.8 Å². The Labute approximate surface area is 114 Å². The average molecular weight is 305 g/mol. The quantitative estimate of drug-likeness (QED) is 0.859. The molecule has 0 unspecified atom stereocenters. The van der Waals surface area contributed by atoms with Crippen LogP contribution in [0.1, 0.15) is 21.5 Å². The summed E-state index contributed by atoms with van der Waals surface area (Å²) in [7, 11) is 0. The number of pyridine rings is 1. The number of aromatic nitrogens is 1. The van der Waals surface area contributed by atoms with Crippen LogP contribution in [0.3, 0.4) is 0 Å². The Hall–Kier alpha value is -1.68. The normalized spacial score (nSPS) is 10.2. The third-order valence-electron chi connectivity index (χ3n) is 2.69. The Balaban J connectivity index is 2.25. The fourth-order valence-corrected chi connectivity index (χ4v) is 2.05. The summed E-state index contributed by atoms with van der Waals surface area (Å²) >= 11 is 3.26. The molecule has 18 heavy (non-hydrogen) atoms. The van der Waals surface area contributed by atoms with Crippen LogP contribution in [0.4, 0.5) is 5.69 Å². The average Bonchev–Trinajstić information content (AvgIpc) is 2.32. The van der Waals surface area contributed by atoms with Gasteiger partial charge < -0.3 is 5.32 Å². The van der Waals surface area contributed by atoms with Gasteiger partial charge in [0.05, 0.1) is 11.9 Å². The van der Waals surface area contributed by atoms with Crippen LogP contribution in [0.25, 0.3) is 0 Å². The van der Waals surface area contributed by atoms with Gasteiger partial charge in [0, 0.05) is 5.56 Å². The highest BCUT2D eigenvalue weighted by Crippen LogP contribution is 2.16. The second kappa shape index (κ2) is 5.31. The molecule has 0 aliphatic heterocycles. The molecule has 2 aromatic rings. The first-order valence-corrected chi connectivity index (χ1v) is 6.36. The zero-order valence-electron chi connectivity index (χ0n) is 10.2. The standard InChI is InChI=1S/C14H13BrN2O/c1-9-4-3-5-10(2)13(9)14(18)17-11-6-7-12(15)16-8-11/h3-8H,1-2H3,(H,17,18). The molecule has 2 rings (SSSR count). The van der Waals surface area contributed by atoms with Gasteiger partial charge >= 0.3 is 0 Å². The minimum atomic E-state index is -0.102. The molecule has 1 aromatic carbocycles.